The molecule has 0 fully saturated rings. The molecule has 1 N–H and O–H groups in total. The molecule has 3 rings (SSSR count). The molecule has 22 heavy (non-hydrogen) atoms. The summed E-state index contributed by atoms with van der Waals surface area (Å²) in [5.74, 6) is 0.588. The van der Waals surface area contributed by atoms with Crippen LogP contribution in [0.15, 0.2) is 54.7 Å². The standard InChI is InChI=1S/C16H12ClFN4/c17-14-9-15(20-10-13-6-1-2-7-19-13)22-16(21-14)11-4-3-5-12(18)8-11/h1-9H,10H2,(H,20,21,22). The maximum Gasteiger partial charge on any atom is 0.163 e. The van der Waals surface area contributed by atoms with Crippen LogP contribution in [-0.4, -0.2) is 15.0 Å². The lowest BCUT2D eigenvalue weighted by Crippen LogP contribution is -2.04. The van der Waals surface area contributed by atoms with Gasteiger partial charge in [-0.25, -0.2) is 14.4 Å². The average Bonchev–Trinajstić information content (AvgIpc) is 2.53. The van der Waals surface area contributed by atoms with Crippen molar-refractivity contribution in [2.45, 2.75) is 6.54 Å². The van der Waals surface area contributed by atoms with Crippen molar-refractivity contribution in [3.05, 3.63) is 71.4 Å². The number of aromatic nitrogens is 3. The van der Waals surface area contributed by atoms with Crippen molar-refractivity contribution in [2.24, 2.45) is 0 Å². The predicted octanol–water partition coefficient (Wildman–Crippen LogP) is 3.94. The van der Waals surface area contributed by atoms with Crippen LogP contribution in [0.25, 0.3) is 11.4 Å². The minimum Gasteiger partial charge on any atom is -0.364 e. The van der Waals surface area contributed by atoms with E-state index >= 15 is 0 Å². The van der Waals surface area contributed by atoms with Gasteiger partial charge in [-0.2, -0.15) is 0 Å². The zero-order chi connectivity index (χ0) is 15.4. The molecule has 0 bridgehead atoms. The third-order valence-corrected chi connectivity index (χ3v) is 3.15. The first-order valence-electron chi connectivity index (χ1n) is 6.65. The van der Waals surface area contributed by atoms with Crippen LogP contribution < -0.4 is 5.32 Å². The highest BCUT2D eigenvalue weighted by atomic mass is 35.5. The van der Waals surface area contributed by atoms with Gasteiger partial charge in [0.15, 0.2) is 5.82 Å². The van der Waals surface area contributed by atoms with Crippen LogP contribution in [0, 0.1) is 5.82 Å². The molecule has 1 aromatic carbocycles. The highest BCUT2D eigenvalue weighted by Gasteiger charge is 2.07. The summed E-state index contributed by atoms with van der Waals surface area (Å²) in [6, 6.07) is 13.4. The number of nitrogens with zero attached hydrogens (tertiary/aromatic N) is 3. The number of halogens is 2. The van der Waals surface area contributed by atoms with Crippen LogP contribution in [0.5, 0.6) is 0 Å². The van der Waals surface area contributed by atoms with Crippen molar-refractivity contribution >= 4 is 17.4 Å². The van der Waals surface area contributed by atoms with E-state index in [1.165, 1.54) is 12.1 Å². The van der Waals surface area contributed by atoms with Gasteiger partial charge in [-0.1, -0.05) is 29.8 Å². The van der Waals surface area contributed by atoms with Crippen molar-refractivity contribution < 1.29 is 4.39 Å². The normalized spacial score (nSPS) is 10.5. The van der Waals surface area contributed by atoms with Crippen LogP contribution in [-0.2, 0) is 6.54 Å². The number of hydrogen-bond acceptors (Lipinski definition) is 4. The zero-order valence-electron chi connectivity index (χ0n) is 11.5. The van der Waals surface area contributed by atoms with E-state index in [1.807, 2.05) is 18.2 Å². The Labute approximate surface area is 132 Å². The van der Waals surface area contributed by atoms with Crippen LogP contribution in [0.1, 0.15) is 5.69 Å². The van der Waals surface area contributed by atoms with Crippen LogP contribution in [0.4, 0.5) is 10.2 Å². The van der Waals surface area contributed by atoms with Gasteiger partial charge in [-0.05, 0) is 24.3 Å². The van der Waals surface area contributed by atoms with E-state index in [4.69, 9.17) is 11.6 Å². The van der Waals surface area contributed by atoms with Gasteiger partial charge in [-0.3, -0.25) is 4.98 Å². The molecule has 0 atom stereocenters. The van der Waals surface area contributed by atoms with Gasteiger partial charge in [0.25, 0.3) is 0 Å². The van der Waals surface area contributed by atoms with Crippen molar-refractivity contribution in [2.75, 3.05) is 5.32 Å². The second-order valence-electron chi connectivity index (χ2n) is 4.58. The first-order chi connectivity index (χ1) is 10.7. The quantitative estimate of drug-likeness (QED) is 0.741. The Morgan fingerprint density at radius 2 is 1.95 bits per heavy atom. The fourth-order valence-corrected chi connectivity index (χ4v) is 2.13. The number of pyridine rings is 1. The smallest absolute Gasteiger partial charge is 0.163 e. The van der Waals surface area contributed by atoms with Crippen molar-refractivity contribution in [1.82, 2.24) is 15.0 Å². The Morgan fingerprint density at radius 3 is 2.73 bits per heavy atom. The van der Waals surface area contributed by atoms with E-state index in [1.54, 1.807) is 24.4 Å². The van der Waals surface area contributed by atoms with Gasteiger partial charge in [0.05, 0.1) is 12.2 Å². The molecule has 0 amide bonds. The van der Waals surface area contributed by atoms with E-state index < -0.39 is 0 Å². The number of hydrogen-bond donors (Lipinski definition) is 1. The summed E-state index contributed by atoms with van der Waals surface area (Å²) in [5.41, 5.74) is 1.45. The Bertz CT molecular complexity index is 780. The molecule has 4 nitrogen and oxygen atoms in total. The highest BCUT2D eigenvalue weighted by Crippen LogP contribution is 2.21. The second-order valence-corrected chi connectivity index (χ2v) is 4.97. The van der Waals surface area contributed by atoms with Crippen molar-refractivity contribution in [3.63, 3.8) is 0 Å². The number of benzene rings is 1. The van der Waals surface area contributed by atoms with Gasteiger partial charge in [-0.15, -0.1) is 0 Å². The van der Waals surface area contributed by atoms with Crippen molar-refractivity contribution in [3.8, 4) is 11.4 Å². The molecule has 0 unspecified atom stereocenters. The van der Waals surface area contributed by atoms with Gasteiger partial charge < -0.3 is 5.32 Å². The van der Waals surface area contributed by atoms with Gasteiger partial charge in [0.2, 0.25) is 0 Å². The van der Waals surface area contributed by atoms with E-state index in [2.05, 4.69) is 20.3 Å². The molecular weight excluding hydrogens is 303 g/mol. The third kappa shape index (κ3) is 3.56. The molecule has 0 saturated carbocycles. The molecule has 110 valence electrons. The Kier molecular flexibility index (Phi) is 4.25. The lowest BCUT2D eigenvalue weighted by Gasteiger charge is -2.08. The SMILES string of the molecule is Fc1cccc(-c2nc(Cl)cc(NCc3ccccn3)n2)c1. The topological polar surface area (TPSA) is 50.7 Å². The summed E-state index contributed by atoms with van der Waals surface area (Å²) in [4.78, 5) is 12.7. The molecular formula is C16H12ClFN4. The maximum absolute atomic E-state index is 13.3. The summed E-state index contributed by atoms with van der Waals surface area (Å²) >= 11 is 6.02. The molecule has 0 aliphatic carbocycles. The van der Waals surface area contributed by atoms with E-state index in [0.717, 1.165) is 5.69 Å². The van der Waals surface area contributed by atoms with E-state index in [-0.39, 0.29) is 11.0 Å². The van der Waals surface area contributed by atoms with Crippen LogP contribution in [0.2, 0.25) is 5.15 Å². The van der Waals surface area contributed by atoms with Gasteiger partial charge in [0.1, 0.15) is 16.8 Å². The number of rotatable bonds is 4. The Balaban J connectivity index is 1.84. The predicted molar refractivity (Wildman–Crippen MR) is 84.0 cm³/mol. The molecule has 0 aliphatic rings. The summed E-state index contributed by atoms with van der Waals surface area (Å²) < 4.78 is 13.3. The third-order valence-electron chi connectivity index (χ3n) is 2.95. The van der Waals surface area contributed by atoms with Gasteiger partial charge in [0, 0.05) is 17.8 Å². The van der Waals surface area contributed by atoms with Gasteiger partial charge >= 0.3 is 0 Å². The zero-order valence-corrected chi connectivity index (χ0v) is 12.3. The summed E-state index contributed by atoms with van der Waals surface area (Å²) in [7, 11) is 0. The summed E-state index contributed by atoms with van der Waals surface area (Å²) in [6.07, 6.45) is 1.72. The molecule has 0 radical (unpaired) electrons. The van der Waals surface area contributed by atoms with Crippen LogP contribution >= 0.6 is 11.6 Å². The average molecular weight is 315 g/mol. The second kappa shape index (κ2) is 6.49. The fourth-order valence-electron chi connectivity index (χ4n) is 1.95. The molecule has 2 heterocycles. The molecule has 0 spiro atoms. The molecule has 0 saturated heterocycles. The first kappa shape index (κ1) is 14.4. The molecule has 6 heteroatoms. The lowest BCUT2D eigenvalue weighted by atomic mass is 10.2. The number of nitrogens with one attached hydrogen (secondary N) is 1. The largest absolute Gasteiger partial charge is 0.364 e. The minimum atomic E-state index is -0.343. The molecule has 2 aromatic heterocycles. The fraction of sp³-hybridized carbons (Fsp3) is 0.0625. The highest BCUT2D eigenvalue weighted by molar-refractivity contribution is 6.29. The monoisotopic (exact) mass is 314 g/mol. The number of anilines is 1. The van der Waals surface area contributed by atoms with E-state index in [9.17, 15) is 4.39 Å². The Morgan fingerprint density at radius 1 is 1.05 bits per heavy atom. The van der Waals surface area contributed by atoms with E-state index in [0.29, 0.717) is 23.8 Å². The summed E-state index contributed by atoms with van der Waals surface area (Å²) in [6.45, 7) is 0.511. The molecule has 3 aromatic rings. The summed E-state index contributed by atoms with van der Waals surface area (Å²) in [5, 5.41) is 3.42. The van der Waals surface area contributed by atoms with Crippen LogP contribution in [0.3, 0.4) is 0 Å². The first-order valence-corrected chi connectivity index (χ1v) is 7.03. The maximum atomic E-state index is 13.3. The molecule has 0 aliphatic heterocycles. The minimum absolute atomic E-state index is 0.290. The Hall–Kier alpha value is -2.53. The van der Waals surface area contributed by atoms with Crippen molar-refractivity contribution in [1.29, 1.82) is 0 Å². The lowest BCUT2D eigenvalue weighted by molar-refractivity contribution is 0.628.